The SMILES string of the molecule is O=CCCCCCNC(=O)C1CCC(CN2C(=O)C=CC2=O)CC1. The molecule has 1 fully saturated rings. The zero-order valence-corrected chi connectivity index (χ0v) is 14.0. The van der Waals surface area contributed by atoms with Gasteiger partial charge in [-0.2, -0.15) is 0 Å². The zero-order chi connectivity index (χ0) is 17.4. The molecule has 3 amide bonds. The van der Waals surface area contributed by atoms with Crippen LogP contribution in [-0.4, -0.2) is 42.0 Å². The summed E-state index contributed by atoms with van der Waals surface area (Å²) >= 11 is 0. The molecule has 0 unspecified atom stereocenters. The summed E-state index contributed by atoms with van der Waals surface area (Å²) in [6, 6.07) is 0. The normalized spacial score (nSPS) is 23.6. The van der Waals surface area contributed by atoms with Gasteiger partial charge in [-0.3, -0.25) is 19.3 Å². The Morgan fingerprint density at radius 1 is 1.08 bits per heavy atom. The average molecular weight is 334 g/mol. The van der Waals surface area contributed by atoms with Crippen molar-refractivity contribution in [2.45, 2.75) is 51.4 Å². The summed E-state index contributed by atoms with van der Waals surface area (Å²) in [4.78, 5) is 46.8. The summed E-state index contributed by atoms with van der Waals surface area (Å²) in [7, 11) is 0. The fourth-order valence-corrected chi connectivity index (χ4v) is 3.36. The number of unbranched alkanes of at least 4 members (excludes halogenated alkanes) is 3. The Balaban J connectivity index is 1.61. The Morgan fingerprint density at radius 3 is 2.38 bits per heavy atom. The molecule has 0 aromatic carbocycles. The largest absolute Gasteiger partial charge is 0.356 e. The summed E-state index contributed by atoms with van der Waals surface area (Å²) in [5.74, 6) is -0.00718. The highest BCUT2D eigenvalue weighted by molar-refractivity contribution is 6.12. The Labute approximate surface area is 142 Å². The van der Waals surface area contributed by atoms with E-state index in [9.17, 15) is 19.2 Å². The van der Waals surface area contributed by atoms with Gasteiger partial charge >= 0.3 is 0 Å². The molecule has 0 aromatic rings. The molecule has 0 spiro atoms. The number of hydrogen-bond donors (Lipinski definition) is 1. The van der Waals surface area contributed by atoms with E-state index in [1.54, 1.807) is 0 Å². The number of nitrogens with one attached hydrogen (secondary N) is 1. The monoisotopic (exact) mass is 334 g/mol. The molecule has 1 heterocycles. The van der Waals surface area contributed by atoms with Crippen LogP contribution < -0.4 is 5.32 Å². The van der Waals surface area contributed by atoms with E-state index < -0.39 is 0 Å². The topological polar surface area (TPSA) is 83.6 Å². The van der Waals surface area contributed by atoms with Crippen molar-refractivity contribution in [2.24, 2.45) is 11.8 Å². The van der Waals surface area contributed by atoms with Gasteiger partial charge in [0.2, 0.25) is 5.91 Å². The molecule has 1 saturated carbocycles. The van der Waals surface area contributed by atoms with Gasteiger partial charge in [-0.1, -0.05) is 6.42 Å². The number of nitrogens with zero attached hydrogens (tertiary/aromatic N) is 1. The van der Waals surface area contributed by atoms with Crippen molar-refractivity contribution >= 4 is 24.0 Å². The highest BCUT2D eigenvalue weighted by atomic mass is 16.2. The number of carbonyl (C=O) groups is 4. The molecule has 0 atom stereocenters. The lowest BCUT2D eigenvalue weighted by Crippen LogP contribution is -2.38. The Kier molecular flexibility index (Phi) is 7.15. The van der Waals surface area contributed by atoms with E-state index in [2.05, 4.69) is 5.32 Å². The smallest absolute Gasteiger partial charge is 0.253 e. The highest BCUT2D eigenvalue weighted by Crippen LogP contribution is 2.30. The van der Waals surface area contributed by atoms with Crippen LogP contribution in [-0.2, 0) is 19.2 Å². The zero-order valence-electron chi connectivity index (χ0n) is 14.0. The minimum Gasteiger partial charge on any atom is -0.356 e. The van der Waals surface area contributed by atoms with Crippen LogP contribution in [0.5, 0.6) is 0 Å². The van der Waals surface area contributed by atoms with Gasteiger partial charge in [0.1, 0.15) is 6.29 Å². The van der Waals surface area contributed by atoms with Crippen LogP contribution in [0, 0.1) is 11.8 Å². The molecule has 2 aliphatic rings. The lowest BCUT2D eigenvalue weighted by molar-refractivity contribution is -0.138. The van der Waals surface area contributed by atoms with Crippen molar-refractivity contribution in [3.63, 3.8) is 0 Å². The predicted octanol–water partition coefficient (Wildman–Crippen LogP) is 1.59. The summed E-state index contributed by atoms with van der Waals surface area (Å²) in [5, 5.41) is 2.98. The maximum absolute atomic E-state index is 12.1. The van der Waals surface area contributed by atoms with Crippen molar-refractivity contribution in [3.05, 3.63) is 12.2 Å². The van der Waals surface area contributed by atoms with Gasteiger partial charge < -0.3 is 10.1 Å². The first-order valence-corrected chi connectivity index (χ1v) is 8.86. The molecule has 6 nitrogen and oxygen atoms in total. The number of rotatable bonds is 9. The Bertz CT molecular complexity index is 489. The van der Waals surface area contributed by atoms with Crippen LogP contribution in [0.1, 0.15) is 51.4 Å². The number of aldehydes is 1. The molecule has 0 aromatic heterocycles. The Hall–Kier alpha value is -1.98. The summed E-state index contributed by atoms with van der Waals surface area (Å²) in [6.07, 6.45) is 10.3. The van der Waals surface area contributed by atoms with Gasteiger partial charge in [-0.05, 0) is 44.4 Å². The van der Waals surface area contributed by atoms with Crippen molar-refractivity contribution in [2.75, 3.05) is 13.1 Å². The summed E-state index contributed by atoms with van der Waals surface area (Å²) in [6.45, 7) is 1.13. The maximum Gasteiger partial charge on any atom is 0.253 e. The third kappa shape index (κ3) is 5.28. The van der Waals surface area contributed by atoms with Gasteiger partial charge in [0.25, 0.3) is 11.8 Å². The van der Waals surface area contributed by atoms with Crippen molar-refractivity contribution in [1.82, 2.24) is 10.2 Å². The van der Waals surface area contributed by atoms with E-state index in [1.807, 2.05) is 0 Å². The molecule has 2 rings (SSSR count). The number of carbonyl (C=O) groups excluding carboxylic acids is 4. The molecule has 1 N–H and O–H groups in total. The minimum absolute atomic E-state index is 0.0410. The maximum atomic E-state index is 12.1. The quantitative estimate of drug-likeness (QED) is 0.394. The van der Waals surface area contributed by atoms with Crippen molar-refractivity contribution in [1.29, 1.82) is 0 Å². The summed E-state index contributed by atoms with van der Waals surface area (Å²) < 4.78 is 0. The average Bonchev–Trinajstić information content (AvgIpc) is 2.90. The molecule has 132 valence electrons. The van der Waals surface area contributed by atoms with Gasteiger partial charge in [0, 0.05) is 37.6 Å². The minimum atomic E-state index is -0.227. The number of amides is 3. The van der Waals surface area contributed by atoms with Gasteiger partial charge in [-0.15, -0.1) is 0 Å². The number of imide groups is 1. The molecule has 6 heteroatoms. The lowest BCUT2D eigenvalue weighted by atomic mass is 9.81. The van der Waals surface area contributed by atoms with E-state index >= 15 is 0 Å². The fourth-order valence-electron chi connectivity index (χ4n) is 3.36. The molecular formula is C18H26N2O4. The van der Waals surface area contributed by atoms with E-state index in [-0.39, 0.29) is 23.6 Å². The molecule has 0 bridgehead atoms. The van der Waals surface area contributed by atoms with Gasteiger partial charge in [0.05, 0.1) is 0 Å². The van der Waals surface area contributed by atoms with Gasteiger partial charge in [-0.25, -0.2) is 0 Å². The number of hydrogen-bond acceptors (Lipinski definition) is 4. The fraction of sp³-hybridized carbons (Fsp3) is 0.667. The standard InChI is InChI=1S/C18H26N2O4/c21-12-4-2-1-3-11-19-18(24)15-7-5-14(6-8-15)13-20-16(22)9-10-17(20)23/h9-10,12,14-15H,1-8,11,13H2,(H,19,24). The third-order valence-electron chi connectivity index (χ3n) is 4.86. The lowest BCUT2D eigenvalue weighted by Gasteiger charge is -2.30. The van der Waals surface area contributed by atoms with E-state index in [1.165, 1.54) is 17.1 Å². The second-order valence-corrected chi connectivity index (χ2v) is 6.65. The van der Waals surface area contributed by atoms with Crippen molar-refractivity contribution < 1.29 is 19.2 Å². The molecular weight excluding hydrogens is 308 g/mol. The van der Waals surface area contributed by atoms with Crippen LogP contribution >= 0.6 is 0 Å². The van der Waals surface area contributed by atoms with Crippen molar-refractivity contribution in [3.8, 4) is 0 Å². The predicted molar refractivity (Wildman–Crippen MR) is 88.8 cm³/mol. The van der Waals surface area contributed by atoms with Crippen LogP contribution in [0.25, 0.3) is 0 Å². The molecule has 0 saturated heterocycles. The first kappa shape index (κ1) is 18.4. The van der Waals surface area contributed by atoms with E-state index in [4.69, 9.17) is 0 Å². The highest BCUT2D eigenvalue weighted by Gasteiger charge is 2.31. The molecule has 1 aliphatic heterocycles. The van der Waals surface area contributed by atoms with Crippen LogP contribution in [0.2, 0.25) is 0 Å². The molecule has 1 aliphatic carbocycles. The second kappa shape index (κ2) is 9.35. The molecule has 24 heavy (non-hydrogen) atoms. The van der Waals surface area contributed by atoms with E-state index in [0.29, 0.717) is 25.4 Å². The first-order chi connectivity index (χ1) is 11.6. The van der Waals surface area contributed by atoms with Crippen LogP contribution in [0.3, 0.4) is 0 Å². The Morgan fingerprint density at radius 2 is 1.75 bits per heavy atom. The first-order valence-electron chi connectivity index (χ1n) is 8.86. The van der Waals surface area contributed by atoms with Crippen LogP contribution in [0.15, 0.2) is 12.2 Å². The third-order valence-corrected chi connectivity index (χ3v) is 4.86. The summed E-state index contributed by atoms with van der Waals surface area (Å²) in [5.41, 5.74) is 0. The van der Waals surface area contributed by atoms with Crippen LogP contribution in [0.4, 0.5) is 0 Å². The molecule has 0 radical (unpaired) electrons. The second-order valence-electron chi connectivity index (χ2n) is 6.65. The van der Waals surface area contributed by atoms with E-state index in [0.717, 1.165) is 51.2 Å². The van der Waals surface area contributed by atoms with Gasteiger partial charge in [0.15, 0.2) is 0 Å².